The number of pyridine rings is 1. The second-order valence-electron chi connectivity index (χ2n) is 5.55. The van der Waals surface area contributed by atoms with Crippen molar-refractivity contribution in [2.24, 2.45) is 5.92 Å². The molecule has 1 aromatic heterocycles. The molecule has 0 spiro atoms. The maximum absolute atomic E-state index is 12.1. The Hall–Kier alpha value is -1.77. The summed E-state index contributed by atoms with van der Waals surface area (Å²) in [7, 11) is 0. The van der Waals surface area contributed by atoms with Crippen LogP contribution in [0.15, 0.2) is 35.1 Å². The summed E-state index contributed by atoms with van der Waals surface area (Å²) in [6.07, 6.45) is 7.08. The van der Waals surface area contributed by atoms with Crippen LogP contribution in [-0.2, 0) is 6.42 Å². The van der Waals surface area contributed by atoms with Crippen molar-refractivity contribution >= 4 is 10.8 Å². The molecular formula is C16H19NO2. The lowest BCUT2D eigenvalue weighted by Crippen LogP contribution is -2.23. The van der Waals surface area contributed by atoms with Crippen molar-refractivity contribution in [2.75, 3.05) is 0 Å². The lowest BCUT2D eigenvalue weighted by Gasteiger charge is -2.22. The zero-order valence-electron chi connectivity index (χ0n) is 11.0. The number of benzene rings is 1. The molecule has 0 atom stereocenters. The highest BCUT2D eigenvalue weighted by atomic mass is 16.5. The second kappa shape index (κ2) is 5.08. The lowest BCUT2D eigenvalue weighted by molar-refractivity contribution is 0.162. The first-order valence-electron chi connectivity index (χ1n) is 7.08. The number of hydrogen-bond acceptors (Lipinski definition) is 2. The SMILES string of the molecule is O=c1c2ccccc2cc(CC2CCCCC2)n1O. The first kappa shape index (κ1) is 12.3. The van der Waals surface area contributed by atoms with Gasteiger partial charge in [-0.15, -0.1) is 0 Å². The molecule has 3 nitrogen and oxygen atoms in total. The van der Waals surface area contributed by atoms with E-state index < -0.39 is 0 Å². The van der Waals surface area contributed by atoms with Crippen LogP contribution in [0.25, 0.3) is 10.8 Å². The van der Waals surface area contributed by atoms with Gasteiger partial charge >= 0.3 is 0 Å². The highest BCUT2D eigenvalue weighted by Crippen LogP contribution is 2.27. The predicted octanol–water partition coefficient (Wildman–Crippen LogP) is 3.36. The second-order valence-corrected chi connectivity index (χ2v) is 5.55. The van der Waals surface area contributed by atoms with E-state index in [1.54, 1.807) is 6.07 Å². The molecule has 1 aromatic carbocycles. The Morgan fingerprint density at radius 3 is 2.68 bits per heavy atom. The fourth-order valence-electron chi connectivity index (χ4n) is 3.14. The molecule has 1 aliphatic rings. The first-order valence-corrected chi connectivity index (χ1v) is 7.08. The smallest absolute Gasteiger partial charge is 0.290 e. The van der Waals surface area contributed by atoms with Crippen molar-refractivity contribution in [1.29, 1.82) is 0 Å². The third-order valence-electron chi connectivity index (χ3n) is 4.20. The predicted molar refractivity (Wildman–Crippen MR) is 75.7 cm³/mol. The van der Waals surface area contributed by atoms with Gasteiger partial charge in [0.1, 0.15) is 0 Å². The van der Waals surface area contributed by atoms with Gasteiger partial charge in [0, 0.05) is 0 Å². The van der Waals surface area contributed by atoms with Crippen molar-refractivity contribution in [2.45, 2.75) is 38.5 Å². The summed E-state index contributed by atoms with van der Waals surface area (Å²) in [5.41, 5.74) is 0.444. The molecule has 0 amide bonds. The van der Waals surface area contributed by atoms with E-state index in [0.717, 1.165) is 22.2 Å². The molecule has 100 valence electrons. The van der Waals surface area contributed by atoms with Gasteiger partial charge in [0.2, 0.25) is 0 Å². The van der Waals surface area contributed by atoms with Crippen LogP contribution < -0.4 is 5.56 Å². The maximum atomic E-state index is 12.1. The van der Waals surface area contributed by atoms with Gasteiger partial charge in [-0.05, 0) is 29.9 Å². The molecule has 19 heavy (non-hydrogen) atoms. The average Bonchev–Trinajstić information content (AvgIpc) is 2.46. The quantitative estimate of drug-likeness (QED) is 0.838. The molecular weight excluding hydrogens is 238 g/mol. The van der Waals surface area contributed by atoms with Crippen LogP contribution in [0.5, 0.6) is 0 Å². The summed E-state index contributed by atoms with van der Waals surface area (Å²) in [6.45, 7) is 0. The number of rotatable bonds is 2. The van der Waals surface area contributed by atoms with E-state index in [1.807, 2.05) is 24.3 Å². The zero-order chi connectivity index (χ0) is 13.2. The topological polar surface area (TPSA) is 42.2 Å². The van der Waals surface area contributed by atoms with Gasteiger partial charge in [-0.1, -0.05) is 50.3 Å². The van der Waals surface area contributed by atoms with Crippen molar-refractivity contribution in [3.63, 3.8) is 0 Å². The highest BCUT2D eigenvalue weighted by molar-refractivity contribution is 5.81. The monoisotopic (exact) mass is 257 g/mol. The van der Waals surface area contributed by atoms with Gasteiger partial charge in [-0.3, -0.25) is 4.79 Å². The summed E-state index contributed by atoms with van der Waals surface area (Å²) in [6, 6.07) is 9.39. The first-order chi connectivity index (χ1) is 9.25. The van der Waals surface area contributed by atoms with Gasteiger partial charge < -0.3 is 5.21 Å². The van der Waals surface area contributed by atoms with Crippen LogP contribution in [-0.4, -0.2) is 9.94 Å². The molecule has 1 aliphatic carbocycles. The normalized spacial score (nSPS) is 16.8. The Kier molecular flexibility index (Phi) is 3.28. The van der Waals surface area contributed by atoms with Crippen LogP contribution >= 0.6 is 0 Å². The van der Waals surface area contributed by atoms with Crippen LogP contribution in [0.4, 0.5) is 0 Å². The molecule has 0 radical (unpaired) electrons. The summed E-state index contributed by atoms with van der Waals surface area (Å²) >= 11 is 0. The molecule has 2 aromatic rings. The minimum absolute atomic E-state index is 0.302. The Labute approximate surface area is 112 Å². The summed E-state index contributed by atoms with van der Waals surface area (Å²) in [5.74, 6) is 0.604. The molecule has 1 heterocycles. The molecule has 0 bridgehead atoms. The Morgan fingerprint density at radius 1 is 1.16 bits per heavy atom. The molecule has 1 N–H and O–H groups in total. The van der Waals surface area contributed by atoms with E-state index in [9.17, 15) is 10.0 Å². The third kappa shape index (κ3) is 2.37. The maximum Gasteiger partial charge on any atom is 0.290 e. The van der Waals surface area contributed by atoms with E-state index in [1.165, 1.54) is 32.1 Å². The van der Waals surface area contributed by atoms with E-state index in [4.69, 9.17) is 0 Å². The number of fused-ring (bicyclic) bond motifs is 1. The van der Waals surface area contributed by atoms with Gasteiger partial charge in [-0.25, -0.2) is 0 Å². The van der Waals surface area contributed by atoms with Crippen LogP contribution in [0.1, 0.15) is 37.8 Å². The molecule has 1 fully saturated rings. The zero-order valence-corrected chi connectivity index (χ0v) is 11.0. The number of hydrogen-bond donors (Lipinski definition) is 1. The molecule has 0 unspecified atom stereocenters. The van der Waals surface area contributed by atoms with Crippen LogP contribution in [0.3, 0.4) is 0 Å². The third-order valence-corrected chi connectivity index (χ3v) is 4.20. The number of nitrogens with zero attached hydrogens (tertiary/aromatic N) is 1. The van der Waals surface area contributed by atoms with Gasteiger partial charge in [0.15, 0.2) is 0 Å². The fourth-order valence-corrected chi connectivity index (χ4v) is 3.14. The van der Waals surface area contributed by atoms with Gasteiger partial charge in [0.05, 0.1) is 11.1 Å². The largest absolute Gasteiger partial charge is 0.425 e. The van der Waals surface area contributed by atoms with Crippen LogP contribution in [0, 0.1) is 5.92 Å². The van der Waals surface area contributed by atoms with E-state index >= 15 is 0 Å². The standard InChI is InChI=1S/C16H19NO2/c18-16-15-9-5-4-8-13(15)11-14(17(16)19)10-12-6-2-1-3-7-12/h4-5,8-9,11-12,19H,1-3,6-7,10H2. The Balaban J connectivity index is 1.99. The molecule has 1 saturated carbocycles. The Morgan fingerprint density at radius 2 is 1.89 bits per heavy atom. The minimum atomic E-state index is -0.302. The van der Waals surface area contributed by atoms with Crippen molar-refractivity contribution < 1.29 is 5.21 Å². The number of aromatic nitrogens is 1. The van der Waals surface area contributed by atoms with E-state index in [2.05, 4.69) is 0 Å². The van der Waals surface area contributed by atoms with E-state index in [0.29, 0.717) is 11.3 Å². The Bertz CT molecular complexity index is 639. The van der Waals surface area contributed by atoms with Crippen LogP contribution in [0.2, 0.25) is 0 Å². The minimum Gasteiger partial charge on any atom is -0.425 e. The van der Waals surface area contributed by atoms with E-state index in [-0.39, 0.29) is 5.56 Å². The van der Waals surface area contributed by atoms with Gasteiger partial charge in [-0.2, -0.15) is 4.73 Å². The van der Waals surface area contributed by atoms with Gasteiger partial charge in [0.25, 0.3) is 5.56 Å². The summed E-state index contributed by atoms with van der Waals surface area (Å²) in [4.78, 5) is 12.1. The average molecular weight is 257 g/mol. The van der Waals surface area contributed by atoms with Crippen molar-refractivity contribution in [3.8, 4) is 0 Å². The lowest BCUT2D eigenvalue weighted by atomic mass is 9.86. The molecule has 0 saturated heterocycles. The van der Waals surface area contributed by atoms with Crippen molar-refractivity contribution in [3.05, 3.63) is 46.4 Å². The summed E-state index contributed by atoms with van der Waals surface area (Å²) < 4.78 is 0.844. The molecule has 3 heteroatoms. The highest BCUT2D eigenvalue weighted by Gasteiger charge is 2.17. The molecule has 3 rings (SSSR count). The molecule has 0 aliphatic heterocycles. The fraction of sp³-hybridized carbons (Fsp3) is 0.438. The van der Waals surface area contributed by atoms with Crippen molar-refractivity contribution in [1.82, 2.24) is 4.73 Å². The summed E-state index contributed by atoms with van der Waals surface area (Å²) in [5, 5.41) is 11.5.